The first kappa shape index (κ1) is 8.95. The summed E-state index contributed by atoms with van der Waals surface area (Å²) in [6.07, 6.45) is 0. The van der Waals surface area contributed by atoms with Gasteiger partial charge in [0, 0.05) is 5.39 Å². The van der Waals surface area contributed by atoms with Crippen molar-refractivity contribution < 1.29 is 4.52 Å². The van der Waals surface area contributed by atoms with E-state index in [-0.39, 0.29) is 0 Å². The normalized spacial score (nSPS) is 11.5. The van der Waals surface area contributed by atoms with Crippen LogP contribution >= 0.6 is 11.3 Å². The Morgan fingerprint density at radius 3 is 2.94 bits per heavy atom. The number of nitrogens with zero attached hydrogens (tertiary/aromatic N) is 4. The van der Waals surface area contributed by atoms with Gasteiger partial charge in [-0.25, -0.2) is 0 Å². The van der Waals surface area contributed by atoms with Crippen LogP contribution in [0.5, 0.6) is 0 Å². The molecule has 4 rings (SSSR count). The minimum atomic E-state index is 0.813. The van der Waals surface area contributed by atoms with E-state index in [1.165, 1.54) is 16.7 Å². The van der Waals surface area contributed by atoms with Gasteiger partial charge in [0.15, 0.2) is 11.0 Å². The van der Waals surface area contributed by atoms with Crippen LogP contribution in [0, 0.1) is 0 Å². The van der Waals surface area contributed by atoms with E-state index in [2.05, 4.69) is 33.5 Å². The zero-order valence-corrected chi connectivity index (χ0v) is 9.56. The summed E-state index contributed by atoms with van der Waals surface area (Å²) in [5, 5.41) is 15.1. The van der Waals surface area contributed by atoms with E-state index in [4.69, 9.17) is 0 Å². The van der Waals surface area contributed by atoms with Crippen molar-refractivity contribution in [3.8, 4) is 0 Å². The minimum Gasteiger partial charge on any atom is -0.0796 e. The van der Waals surface area contributed by atoms with Crippen molar-refractivity contribution in [3.63, 3.8) is 0 Å². The fourth-order valence-electron chi connectivity index (χ4n) is 2.06. The summed E-state index contributed by atoms with van der Waals surface area (Å²) in [4.78, 5) is 0.813. The van der Waals surface area contributed by atoms with Gasteiger partial charge in [-0.1, -0.05) is 33.9 Å². The zero-order valence-electron chi connectivity index (χ0n) is 8.74. The maximum atomic E-state index is 4.31. The summed E-state index contributed by atoms with van der Waals surface area (Å²) in [5.41, 5.74) is 3.67. The molecular formula is C12H7N4S+. The van der Waals surface area contributed by atoms with E-state index in [0.29, 0.717) is 0 Å². The topological polar surface area (TPSA) is 42.8 Å². The fraction of sp³-hybridized carbons (Fsp3) is 0. The molecule has 80 valence electrons. The van der Waals surface area contributed by atoms with Crippen molar-refractivity contribution in [3.05, 3.63) is 41.9 Å². The lowest BCUT2D eigenvalue weighted by Gasteiger charge is -1.97. The molecule has 17 heavy (non-hydrogen) atoms. The van der Waals surface area contributed by atoms with Crippen molar-refractivity contribution in [2.75, 3.05) is 0 Å². The molecule has 2 aromatic heterocycles. The Kier molecular flexibility index (Phi) is 1.67. The van der Waals surface area contributed by atoms with E-state index >= 15 is 0 Å². The molecule has 0 radical (unpaired) electrons. The molecule has 0 spiro atoms. The lowest BCUT2D eigenvalue weighted by Crippen LogP contribution is -2.25. The SMILES string of the molecule is c1ccc2c(c1)ccc1c2nnc2scn[n+]21. The van der Waals surface area contributed by atoms with E-state index in [0.717, 1.165) is 21.4 Å². The largest absolute Gasteiger partial charge is 0.435 e. The Morgan fingerprint density at radius 1 is 1.00 bits per heavy atom. The molecule has 0 N–H and O–H groups in total. The molecule has 0 bridgehead atoms. The standard InChI is InChI=1S/C12H7N4S/c1-2-4-9-8(3-1)5-6-10-11(9)14-15-12-16(10)13-7-17-12/h1-7H/q+1. The Hall–Kier alpha value is -2.14. The zero-order chi connectivity index (χ0) is 11.2. The summed E-state index contributed by atoms with van der Waals surface area (Å²) in [5.74, 6) is 0. The number of aromatic nitrogens is 4. The van der Waals surface area contributed by atoms with Gasteiger partial charge in [-0.3, -0.25) is 0 Å². The molecule has 0 saturated carbocycles. The van der Waals surface area contributed by atoms with Crippen molar-refractivity contribution in [1.82, 2.24) is 15.3 Å². The van der Waals surface area contributed by atoms with Crippen LogP contribution in [0.1, 0.15) is 0 Å². The van der Waals surface area contributed by atoms with Gasteiger partial charge in [0.05, 0.1) is 5.10 Å². The molecular weight excluding hydrogens is 232 g/mol. The quantitative estimate of drug-likeness (QED) is 0.348. The van der Waals surface area contributed by atoms with Gasteiger partial charge in [0.25, 0.3) is 0 Å². The molecule has 0 amide bonds. The fourth-order valence-corrected chi connectivity index (χ4v) is 2.63. The first-order chi connectivity index (χ1) is 8.43. The maximum Gasteiger partial charge on any atom is 0.435 e. The molecule has 0 fully saturated rings. The highest BCUT2D eigenvalue weighted by Crippen LogP contribution is 2.21. The highest BCUT2D eigenvalue weighted by atomic mass is 32.1. The predicted octanol–water partition coefficient (Wildman–Crippen LogP) is 1.98. The third-order valence-electron chi connectivity index (χ3n) is 2.84. The molecule has 4 aromatic rings. The smallest absolute Gasteiger partial charge is 0.0796 e. The molecule has 2 aromatic carbocycles. The van der Waals surface area contributed by atoms with Gasteiger partial charge >= 0.3 is 4.96 Å². The molecule has 0 atom stereocenters. The van der Waals surface area contributed by atoms with Crippen LogP contribution in [0.2, 0.25) is 0 Å². The van der Waals surface area contributed by atoms with Crippen LogP contribution in [0.25, 0.3) is 26.8 Å². The summed E-state index contributed by atoms with van der Waals surface area (Å²) in [6.45, 7) is 0. The molecule has 0 saturated heterocycles. The van der Waals surface area contributed by atoms with Crippen LogP contribution in [-0.2, 0) is 0 Å². The summed E-state index contributed by atoms with van der Waals surface area (Å²) >= 11 is 1.49. The lowest BCUT2D eigenvalue weighted by molar-refractivity contribution is -0.550. The highest BCUT2D eigenvalue weighted by molar-refractivity contribution is 7.14. The number of hydrogen-bond acceptors (Lipinski definition) is 4. The van der Waals surface area contributed by atoms with Crippen molar-refractivity contribution in [2.45, 2.75) is 0 Å². The Morgan fingerprint density at radius 2 is 1.94 bits per heavy atom. The molecule has 5 heteroatoms. The summed E-state index contributed by atoms with van der Waals surface area (Å²) in [6, 6.07) is 12.3. The predicted molar refractivity (Wildman–Crippen MR) is 65.9 cm³/mol. The van der Waals surface area contributed by atoms with Gasteiger partial charge < -0.3 is 0 Å². The van der Waals surface area contributed by atoms with Crippen molar-refractivity contribution >= 4 is 38.1 Å². The average Bonchev–Trinajstić information content (AvgIpc) is 2.86. The second-order valence-corrected chi connectivity index (χ2v) is 4.60. The van der Waals surface area contributed by atoms with Crippen molar-refractivity contribution in [1.29, 1.82) is 0 Å². The molecule has 4 nitrogen and oxygen atoms in total. The molecule has 2 heterocycles. The van der Waals surface area contributed by atoms with Gasteiger partial charge in [-0.15, -0.1) is 0 Å². The van der Waals surface area contributed by atoms with Crippen LogP contribution < -0.4 is 4.52 Å². The minimum absolute atomic E-state index is 0.813. The van der Waals surface area contributed by atoms with Crippen LogP contribution in [0.15, 0.2) is 41.9 Å². The maximum absolute atomic E-state index is 4.31. The van der Waals surface area contributed by atoms with E-state index in [1.54, 1.807) is 5.51 Å². The van der Waals surface area contributed by atoms with E-state index < -0.39 is 0 Å². The average molecular weight is 239 g/mol. The number of hydrogen-bond donors (Lipinski definition) is 0. The monoisotopic (exact) mass is 239 g/mol. The van der Waals surface area contributed by atoms with E-state index in [1.807, 2.05) is 22.7 Å². The van der Waals surface area contributed by atoms with Crippen LogP contribution in [-0.4, -0.2) is 15.3 Å². The third kappa shape index (κ3) is 1.17. The molecule has 0 aliphatic carbocycles. The third-order valence-corrected chi connectivity index (χ3v) is 3.51. The van der Waals surface area contributed by atoms with Crippen LogP contribution in [0.4, 0.5) is 0 Å². The van der Waals surface area contributed by atoms with Gasteiger partial charge in [0.1, 0.15) is 5.51 Å². The second-order valence-electron chi connectivity index (χ2n) is 3.79. The molecule has 0 aliphatic rings. The number of rotatable bonds is 0. The van der Waals surface area contributed by atoms with Gasteiger partial charge in [0.2, 0.25) is 0 Å². The molecule has 0 aliphatic heterocycles. The van der Waals surface area contributed by atoms with Gasteiger partial charge in [-0.05, 0) is 34.0 Å². The lowest BCUT2D eigenvalue weighted by atomic mass is 10.1. The second kappa shape index (κ2) is 3.18. The molecule has 0 unspecified atom stereocenters. The summed E-state index contributed by atoms with van der Waals surface area (Å²) < 4.78 is 1.83. The first-order valence-corrected chi connectivity index (χ1v) is 6.11. The Labute approximate surface area is 100 Å². The highest BCUT2D eigenvalue weighted by Gasteiger charge is 2.15. The number of fused-ring (bicyclic) bond motifs is 5. The number of benzene rings is 2. The van der Waals surface area contributed by atoms with Crippen molar-refractivity contribution in [2.24, 2.45) is 0 Å². The summed E-state index contributed by atoms with van der Waals surface area (Å²) in [7, 11) is 0. The first-order valence-electron chi connectivity index (χ1n) is 5.23. The van der Waals surface area contributed by atoms with Gasteiger partial charge in [-0.2, -0.15) is 0 Å². The van der Waals surface area contributed by atoms with Crippen LogP contribution in [0.3, 0.4) is 0 Å². The Balaban J connectivity index is 2.34. The van der Waals surface area contributed by atoms with E-state index in [9.17, 15) is 0 Å². The Bertz CT molecular complexity index is 853.